The first kappa shape index (κ1) is 12.4. The first-order chi connectivity index (χ1) is 8.17. The first-order valence-corrected chi connectivity index (χ1v) is 6.24. The molecule has 17 heavy (non-hydrogen) atoms. The Bertz CT molecular complexity index is 388. The summed E-state index contributed by atoms with van der Waals surface area (Å²) in [6.07, 6.45) is 3.85. The zero-order valence-corrected chi connectivity index (χ0v) is 10.9. The Morgan fingerprint density at radius 2 is 2.18 bits per heavy atom. The van der Waals surface area contributed by atoms with Crippen LogP contribution in [0, 0.1) is 11.8 Å². The van der Waals surface area contributed by atoms with Gasteiger partial charge >= 0.3 is 6.01 Å². The van der Waals surface area contributed by atoms with Crippen LogP contribution in [0.1, 0.15) is 26.2 Å². The van der Waals surface area contributed by atoms with E-state index in [1.807, 2.05) is 0 Å². The van der Waals surface area contributed by atoms with Gasteiger partial charge in [-0.3, -0.25) is 0 Å². The Labute approximate surface area is 106 Å². The molecule has 1 aliphatic carbocycles. The molecule has 5 nitrogen and oxygen atoms in total. The van der Waals surface area contributed by atoms with E-state index in [9.17, 15) is 0 Å². The quantitative estimate of drug-likeness (QED) is 0.896. The zero-order valence-electron chi connectivity index (χ0n) is 10.1. The monoisotopic (exact) mass is 256 g/mol. The van der Waals surface area contributed by atoms with Gasteiger partial charge in [0.15, 0.2) is 0 Å². The van der Waals surface area contributed by atoms with Gasteiger partial charge in [0.2, 0.25) is 11.2 Å². The molecule has 1 saturated carbocycles. The Balaban J connectivity index is 1.92. The number of halogens is 1. The van der Waals surface area contributed by atoms with Gasteiger partial charge in [0.25, 0.3) is 0 Å². The number of hydrogen-bond donors (Lipinski definition) is 1. The van der Waals surface area contributed by atoms with Gasteiger partial charge in [0, 0.05) is 6.54 Å². The van der Waals surface area contributed by atoms with Crippen molar-refractivity contribution in [3.05, 3.63) is 5.28 Å². The molecule has 0 bridgehead atoms. The van der Waals surface area contributed by atoms with Crippen molar-refractivity contribution in [2.24, 2.45) is 11.8 Å². The summed E-state index contributed by atoms with van der Waals surface area (Å²) >= 11 is 5.77. The molecule has 0 radical (unpaired) electrons. The normalized spacial score (nSPS) is 23.7. The van der Waals surface area contributed by atoms with E-state index >= 15 is 0 Å². The highest BCUT2D eigenvalue weighted by molar-refractivity contribution is 6.28. The van der Waals surface area contributed by atoms with Crippen LogP contribution >= 0.6 is 11.6 Å². The van der Waals surface area contributed by atoms with Gasteiger partial charge < -0.3 is 10.1 Å². The van der Waals surface area contributed by atoms with E-state index in [0.717, 1.165) is 12.5 Å². The molecular formula is C11H17ClN4O. The summed E-state index contributed by atoms with van der Waals surface area (Å²) in [5, 5.41) is 3.35. The van der Waals surface area contributed by atoms with E-state index in [2.05, 4.69) is 27.2 Å². The summed E-state index contributed by atoms with van der Waals surface area (Å²) in [7, 11) is 1.51. The van der Waals surface area contributed by atoms with Crippen molar-refractivity contribution in [1.82, 2.24) is 15.0 Å². The third kappa shape index (κ3) is 3.43. The van der Waals surface area contributed by atoms with Gasteiger partial charge in [-0.1, -0.05) is 13.3 Å². The highest BCUT2D eigenvalue weighted by Crippen LogP contribution is 2.30. The fourth-order valence-corrected chi connectivity index (χ4v) is 2.40. The Hall–Kier alpha value is -1.10. The third-order valence-corrected chi connectivity index (χ3v) is 3.29. The zero-order chi connectivity index (χ0) is 12.3. The summed E-state index contributed by atoms with van der Waals surface area (Å²) < 4.78 is 4.94. The number of nitrogens with zero attached hydrogens (tertiary/aromatic N) is 3. The smallest absolute Gasteiger partial charge is 0.322 e. The minimum atomic E-state index is 0.152. The Morgan fingerprint density at radius 1 is 1.35 bits per heavy atom. The molecule has 0 saturated heterocycles. The van der Waals surface area contributed by atoms with Crippen LogP contribution in [0.5, 0.6) is 6.01 Å². The molecule has 1 aromatic heterocycles. The Morgan fingerprint density at radius 3 is 2.82 bits per heavy atom. The standard InChI is InChI=1S/C11H17ClN4O/c1-7-3-4-8(5-7)6-13-10-14-9(12)15-11(16-10)17-2/h7-8H,3-6H2,1-2H3,(H,13,14,15,16). The molecule has 2 unspecified atom stereocenters. The van der Waals surface area contributed by atoms with Gasteiger partial charge in [-0.2, -0.15) is 15.0 Å². The highest BCUT2D eigenvalue weighted by atomic mass is 35.5. The fourth-order valence-electron chi connectivity index (χ4n) is 2.25. The van der Waals surface area contributed by atoms with Crippen LogP contribution in [0.3, 0.4) is 0 Å². The minimum Gasteiger partial charge on any atom is -0.467 e. The molecule has 0 aliphatic heterocycles. The lowest BCUT2D eigenvalue weighted by Crippen LogP contribution is -2.14. The van der Waals surface area contributed by atoms with E-state index in [-0.39, 0.29) is 11.3 Å². The molecule has 2 atom stereocenters. The van der Waals surface area contributed by atoms with Gasteiger partial charge in [-0.25, -0.2) is 0 Å². The SMILES string of the molecule is COc1nc(Cl)nc(NCC2CCC(C)C2)n1. The van der Waals surface area contributed by atoms with Gasteiger partial charge in [-0.15, -0.1) is 0 Å². The maximum Gasteiger partial charge on any atom is 0.322 e. The predicted octanol–water partition coefficient (Wildman–Crippen LogP) is 2.38. The largest absolute Gasteiger partial charge is 0.467 e. The van der Waals surface area contributed by atoms with Crippen molar-refractivity contribution < 1.29 is 4.74 Å². The number of methoxy groups -OCH3 is 1. The van der Waals surface area contributed by atoms with E-state index in [1.54, 1.807) is 0 Å². The van der Waals surface area contributed by atoms with Crippen LogP contribution in [0.4, 0.5) is 5.95 Å². The number of anilines is 1. The van der Waals surface area contributed by atoms with Crippen LogP contribution in [0.25, 0.3) is 0 Å². The van der Waals surface area contributed by atoms with E-state index in [4.69, 9.17) is 16.3 Å². The third-order valence-electron chi connectivity index (χ3n) is 3.12. The summed E-state index contributed by atoms with van der Waals surface area (Å²) in [5.74, 6) is 2.02. The molecule has 1 fully saturated rings. The number of hydrogen-bond acceptors (Lipinski definition) is 5. The average molecular weight is 257 g/mol. The van der Waals surface area contributed by atoms with E-state index in [0.29, 0.717) is 11.9 Å². The fraction of sp³-hybridized carbons (Fsp3) is 0.727. The average Bonchev–Trinajstić information content (AvgIpc) is 2.72. The van der Waals surface area contributed by atoms with Gasteiger partial charge in [-0.05, 0) is 36.3 Å². The first-order valence-electron chi connectivity index (χ1n) is 5.87. The summed E-state index contributed by atoms with van der Waals surface area (Å²) in [6.45, 7) is 3.18. The van der Waals surface area contributed by atoms with Crippen molar-refractivity contribution in [2.75, 3.05) is 19.0 Å². The molecule has 1 N–H and O–H groups in total. The van der Waals surface area contributed by atoms with Crippen LogP contribution in [-0.4, -0.2) is 28.6 Å². The molecule has 0 amide bonds. The van der Waals surface area contributed by atoms with Crippen LogP contribution in [-0.2, 0) is 0 Å². The number of nitrogens with one attached hydrogen (secondary N) is 1. The molecular weight excluding hydrogens is 240 g/mol. The van der Waals surface area contributed by atoms with Crippen LogP contribution in [0.2, 0.25) is 5.28 Å². The molecule has 1 heterocycles. The second kappa shape index (κ2) is 5.49. The van der Waals surface area contributed by atoms with Crippen molar-refractivity contribution in [3.63, 3.8) is 0 Å². The van der Waals surface area contributed by atoms with E-state index in [1.165, 1.54) is 26.4 Å². The highest BCUT2D eigenvalue weighted by Gasteiger charge is 2.21. The maximum atomic E-state index is 5.77. The minimum absolute atomic E-state index is 0.152. The maximum absolute atomic E-state index is 5.77. The number of rotatable bonds is 4. The summed E-state index contributed by atoms with van der Waals surface area (Å²) in [5.41, 5.74) is 0. The second-order valence-corrected chi connectivity index (χ2v) is 4.92. The number of ether oxygens (including phenoxy) is 1. The van der Waals surface area contributed by atoms with Gasteiger partial charge in [0.1, 0.15) is 0 Å². The molecule has 6 heteroatoms. The molecule has 2 rings (SSSR count). The summed E-state index contributed by atoms with van der Waals surface area (Å²) in [4.78, 5) is 11.9. The molecule has 94 valence electrons. The number of aromatic nitrogens is 3. The topological polar surface area (TPSA) is 59.9 Å². The van der Waals surface area contributed by atoms with Crippen molar-refractivity contribution in [1.29, 1.82) is 0 Å². The van der Waals surface area contributed by atoms with Crippen molar-refractivity contribution in [3.8, 4) is 6.01 Å². The molecule has 0 aromatic carbocycles. The lowest BCUT2D eigenvalue weighted by atomic mass is 10.1. The predicted molar refractivity (Wildman–Crippen MR) is 66.4 cm³/mol. The summed E-state index contributed by atoms with van der Waals surface area (Å²) in [6, 6.07) is 0.243. The molecule has 1 aromatic rings. The van der Waals surface area contributed by atoms with E-state index < -0.39 is 0 Å². The molecule has 0 spiro atoms. The lowest BCUT2D eigenvalue weighted by Gasteiger charge is -2.11. The Kier molecular flexibility index (Phi) is 3.99. The van der Waals surface area contributed by atoms with Crippen LogP contribution < -0.4 is 10.1 Å². The van der Waals surface area contributed by atoms with Gasteiger partial charge in [0.05, 0.1) is 7.11 Å². The van der Waals surface area contributed by atoms with Crippen molar-refractivity contribution >= 4 is 17.5 Å². The lowest BCUT2D eigenvalue weighted by molar-refractivity contribution is 0.378. The van der Waals surface area contributed by atoms with Crippen molar-refractivity contribution in [2.45, 2.75) is 26.2 Å². The van der Waals surface area contributed by atoms with Crippen LogP contribution in [0.15, 0.2) is 0 Å². The molecule has 1 aliphatic rings. The second-order valence-electron chi connectivity index (χ2n) is 4.58.